The summed E-state index contributed by atoms with van der Waals surface area (Å²) in [6, 6.07) is 0. The highest BCUT2D eigenvalue weighted by Gasteiger charge is 2.60. The van der Waals surface area contributed by atoms with Crippen molar-refractivity contribution in [2.45, 2.75) is 125 Å². The lowest BCUT2D eigenvalue weighted by Gasteiger charge is -2.61. The lowest BCUT2D eigenvalue weighted by atomic mass is 9.44. The molecule has 4 aliphatic carbocycles. The molecule has 0 nitrogen and oxygen atoms in total. The highest BCUT2D eigenvalue weighted by Crippen LogP contribution is 2.68. The first-order valence-corrected chi connectivity index (χ1v) is 13.8. The molecule has 0 spiro atoms. The molecule has 0 heterocycles. The molecule has 4 saturated carbocycles. The Kier molecular flexibility index (Phi) is 6.51. The summed E-state index contributed by atoms with van der Waals surface area (Å²) < 4.78 is 0. The van der Waals surface area contributed by atoms with Gasteiger partial charge >= 0.3 is 0 Å². The van der Waals surface area contributed by atoms with Crippen molar-refractivity contribution in [2.24, 2.45) is 58.2 Å². The van der Waals surface area contributed by atoms with E-state index in [0.29, 0.717) is 10.8 Å². The Morgan fingerprint density at radius 1 is 0.759 bits per heavy atom. The van der Waals surface area contributed by atoms with Crippen LogP contribution >= 0.6 is 0 Å². The van der Waals surface area contributed by atoms with Gasteiger partial charge < -0.3 is 0 Å². The van der Waals surface area contributed by atoms with E-state index in [2.05, 4.69) is 41.5 Å². The van der Waals surface area contributed by atoms with E-state index < -0.39 is 0 Å². The summed E-state index contributed by atoms with van der Waals surface area (Å²) in [6.45, 7) is 15.4. The van der Waals surface area contributed by atoms with Crippen LogP contribution in [0, 0.1) is 58.2 Å². The Morgan fingerprint density at radius 2 is 1.52 bits per heavy atom. The molecule has 9 atom stereocenters. The molecule has 4 fully saturated rings. The van der Waals surface area contributed by atoms with E-state index in [0.717, 1.165) is 47.3 Å². The van der Waals surface area contributed by atoms with Gasteiger partial charge in [-0.25, -0.2) is 0 Å². The average molecular weight is 401 g/mol. The summed E-state index contributed by atoms with van der Waals surface area (Å²) >= 11 is 0. The van der Waals surface area contributed by atoms with Crippen LogP contribution in [-0.2, 0) is 0 Å². The minimum atomic E-state index is 0.665. The van der Waals surface area contributed by atoms with Crippen molar-refractivity contribution in [3.63, 3.8) is 0 Å². The van der Waals surface area contributed by atoms with Crippen molar-refractivity contribution in [1.29, 1.82) is 0 Å². The molecule has 0 heteroatoms. The van der Waals surface area contributed by atoms with Crippen LogP contribution < -0.4 is 0 Å². The molecule has 0 radical (unpaired) electrons. The zero-order valence-corrected chi connectivity index (χ0v) is 20.8. The van der Waals surface area contributed by atoms with Crippen molar-refractivity contribution >= 4 is 0 Å². The van der Waals surface area contributed by atoms with Gasteiger partial charge in [0.05, 0.1) is 0 Å². The summed E-state index contributed by atoms with van der Waals surface area (Å²) in [6.07, 6.45) is 19.8. The van der Waals surface area contributed by atoms with Crippen molar-refractivity contribution in [3.8, 4) is 0 Å². The van der Waals surface area contributed by atoms with Gasteiger partial charge in [0.15, 0.2) is 0 Å². The van der Waals surface area contributed by atoms with Gasteiger partial charge in [-0.2, -0.15) is 0 Å². The normalized spacial score (nSPS) is 46.7. The first-order valence-electron chi connectivity index (χ1n) is 13.8. The minimum absolute atomic E-state index is 0.665. The molecule has 4 aliphatic rings. The largest absolute Gasteiger partial charge is 0.0651 e. The van der Waals surface area contributed by atoms with E-state index in [1.54, 1.807) is 51.4 Å². The van der Waals surface area contributed by atoms with Gasteiger partial charge in [0, 0.05) is 0 Å². The summed E-state index contributed by atoms with van der Waals surface area (Å²) in [4.78, 5) is 0. The van der Waals surface area contributed by atoms with E-state index in [1.165, 1.54) is 32.1 Å². The summed E-state index contributed by atoms with van der Waals surface area (Å²) in [7, 11) is 0. The van der Waals surface area contributed by atoms with Crippen LogP contribution in [0.5, 0.6) is 0 Å². The Hall–Kier alpha value is 0. The van der Waals surface area contributed by atoms with Gasteiger partial charge in [-0.3, -0.25) is 0 Å². The lowest BCUT2D eigenvalue weighted by molar-refractivity contribution is -0.114. The van der Waals surface area contributed by atoms with Gasteiger partial charge in [0.25, 0.3) is 0 Å². The van der Waals surface area contributed by atoms with Crippen LogP contribution in [0.1, 0.15) is 125 Å². The lowest BCUT2D eigenvalue weighted by Crippen LogP contribution is -2.53. The average Bonchev–Trinajstić information content (AvgIpc) is 3.05. The highest BCUT2D eigenvalue weighted by atomic mass is 14.6. The molecule has 0 saturated heterocycles. The van der Waals surface area contributed by atoms with Crippen LogP contribution in [-0.4, -0.2) is 0 Å². The number of rotatable bonds is 6. The van der Waals surface area contributed by atoms with Gasteiger partial charge in [-0.1, -0.05) is 67.2 Å². The van der Waals surface area contributed by atoms with Crippen molar-refractivity contribution in [2.75, 3.05) is 0 Å². The number of hydrogen-bond acceptors (Lipinski definition) is 0. The molecule has 1 unspecified atom stereocenters. The Bertz CT molecular complexity index is 548. The second-order valence-corrected chi connectivity index (χ2v) is 13.1. The monoisotopic (exact) mass is 400 g/mol. The molecule has 4 rings (SSSR count). The van der Waals surface area contributed by atoms with Gasteiger partial charge in [-0.15, -0.1) is 0 Å². The summed E-state index contributed by atoms with van der Waals surface area (Å²) in [5, 5.41) is 0. The highest BCUT2D eigenvalue weighted by molar-refractivity contribution is 5.09. The first kappa shape index (κ1) is 22.2. The van der Waals surface area contributed by atoms with Crippen molar-refractivity contribution in [1.82, 2.24) is 0 Å². The van der Waals surface area contributed by atoms with Gasteiger partial charge in [0.2, 0.25) is 0 Å². The third kappa shape index (κ3) is 3.75. The Balaban J connectivity index is 1.45. The Labute approximate surface area is 183 Å². The fraction of sp³-hybridized carbons (Fsp3) is 1.00. The molecule has 29 heavy (non-hydrogen) atoms. The van der Waals surface area contributed by atoms with Gasteiger partial charge in [-0.05, 0) is 116 Å². The molecular weight excluding hydrogens is 348 g/mol. The van der Waals surface area contributed by atoms with E-state index in [-0.39, 0.29) is 0 Å². The molecular formula is C29H52. The third-order valence-electron chi connectivity index (χ3n) is 11.8. The first-order chi connectivity index (χ1) is 13.8. The number of fused-ring (bicyclic) bond motifs is 5. The van der Waals surface area contributed by atoms with E-state index in [1.807, 2.05) is 0 Å². The molecule has 0 bridgehead atoms. The molecule has 0 N–H and O–H groups in total. The second kappa shape index (κ2) is 8.50. The zero-order valence-electron chi connectivity index (χ0n) is 20.8. The standard InChI is InChI=1S/C29H52/c1-7-22(20(2)3)12-11-21(4)25-15-16-26-24-14-13-23-10-8-9-18-28(23,5)27(24)17-19-29(25,26)6/h20-27H,7-19H2,1-6H3/t21-,22?,23+,24-,25-,26-,27-,28-,29+/m0/s1. The molecule has 0 aromatic heterocycles. The second-order valence-electron chi connectivity index (χ2n) is 13.1. The maximum absolute atomic E-state index is 2.76. The van der Waals surface area contributed by atoms with E-state index >= 15 is 0 Å². The van der Waals surface area contributed by atoms with E-state index in [4.69, 9.17) is 0 Å². The van der Waals surface area contributed by atoms with E-state index in [9.17, 15) is 0 Å². The van der Waals surface area contributed by atoms with Crippen LogP contribution in [0.2, 0.25) is 0 Å². The predicted octanol–water partition coefficient (Wildman–Crippen LogP) is 9.13. The predicted molar refractivity (Wildman–Crippen MR) is 127 cm³/mol. The summed E-state index contributed by atoms with van der Waals surface area (Å²) in [5.41, 5.74) is 1.37. The fourth-order valence-electron chi connectivity index (χ4n) is 9.96. The molecule has 0 aromatic rings. The Morgan fingerprint density at radius 3 is 2.24 bits per heavy atom. The molecule has 0 amide bonds. The van der Waals surface area contributed by atoms with Crippen LogP contribution in [0.4, 0.5) is 0 Å². The van der Waals surface area contributed by atoms with Crippen molar-refractivity contribution < 1.29 is 0 Å². The molecule has 168 valence electrons. The van der Waals surface area contributed by atoms with Crippen LogP contribution in [0.25, 0.3) is 0 Å². The number of hydrogen-bond donors (Lipinski definition) is 0. The summed E-state index contributed by atoms with van der Waals surface area (Å²) in [5.74, 6) is 8.02. The zero-order chi connectivity index (χ0) is 20.8. The quantitative estimate of drug-likeness (QED) is 0.417. The topological polar surface area (TPSA) is 0 Å². The third-order valence-corrected chi connectivity index (χ3v) is 11.8. The maximum atomic E-state index is 2.76. The smallest absolute Gasteiger partial charge is 0.0264 e. The van der Waals surface area contributed by atoms with Crippen LogP contribution in [0.15, 0.2) is 0 Å². The molecule has 0 aromatic carbocycles. The van der Waals surface area contributed by atoms with Crippen molar-refractivity contribution in [3.05, 3.63) is 0 Å². The minimum Gasteiger partial charge on any atom is -0.0651 e. The van der Waals surface area contributed by atoms with Gasteiger partial charge in [0.1, 0.15) is 0 Å². The maximum Gasteiger partial charge on any atom is -0.0264 e. The molecule has 0 aliphatic heterocycles. The fourth-order valence-corrected chi connectivity index (χ4v) is 9.96. The van der Waals surface area contributed by atoms with Crippen LogP contribution in [0.3, 0.4) is 0 Å². The SMILES string of the molecule is CCC(CC[C@H](C)[C@@H]1CC[C@H]2[C@@H]3CC[C@H]4CCCC[C@]4(C)[C@H]3CC[C@@]21C)C(C)C.